The molecular formula is C33H40N10O4. The van der Waals surface area contributed by atoms with Crippen LogP contribution in [0.25, 0.3) is 5.57 Å². The maximum absolute atomic E-state index is 13.7. The average molecular weight is 641 g/mol. The summed E-state index contributed by atoms with van der Waals surface area (Å²) in [6.45, 7) is 4.74. The number of nitrogen functional groups attached to an aromatic ring is 1. The first-order valence-corrected chi connectivity index (χ1v) is 15.5. The zero-order valence-electron chi connectivity index (χ0n) is 26.8. The molecule has 4 heterocycles. The van der Waals surface area contributed by atoms with Crippen molar-refractivity contribution in [3.05, 3.63) is 77.3 Å². The van der Waals surface area contributed by atoms with Crippen LogP contribution in [0.4, 0.5) is 16.3 Å². The number of hydrogen-bond acceptors (Lipinski definition) is 10. The molecule has 14 nitrogen and oxygen atoms in total. The Balaban J connectivity index is 1.15. The molecule has 2 aliphatic heterocycles. The standard InChI is InChI=1S/C33H40N10O4/c1-4-43(27-10-9-26(34)30(39-27)29(35)25-17-38-40(3)18-25)32(45)24-11-14-41(19-24)20-28(44)42-15-12-22(13-16-42)21-5-7-23(8-6-21)31(36)47-33(46)37-2/h5-10,12,17-18,24,35-36H,4,11,13-16,19-20,34H2,1-3H3,(H,37,46)/t24-/m1/s1. The van der Waals surface area contributed by atoms with Crippen LogP contribution < -0.4 is 16.0 Å². The molecule has 2 aromatic heterocycles. The fourth-order valence-electron chi connectivity index (χ4n) is 5.81. The van der Waals surface area contributed by atoms with Gasteiger partial charge in [-0.05, 0) is 61.7 Å². The van der Waals surface area contributed by atoms with Gasteiger partial charge in [-0.2, -0.15) is 5.10 Å². The zero-order valence-corrected chi connectivity index (χ0v) is 26.8. The predicted molar refractivity (Wildman–Crippen MR) is 178 cm³/mol. The van der Waals surface area contributed by atoms with Crippen molar-refractivity contribution in [2.75, 3.05) is 56.9 Å². The maximum atomic E-state index is 13.7. The molecule has 246 valence electrons. The molecule has 2 aliphatic rings. The third kappa shape index (κ3) is 7.55. The summed E-state index contributed by atoms with van der Waals surface area (Å²) in [5.41, 5.74) is 10.1. The molecule has 5 rings (SSSR count). The summed E-state index contributed by atoms with van der Waals surface area (Å²) in [7, 11) is 3.20. The van der Waals surface area contributed by atoms with Crippen LogP contribution in [0, 0.1) is 16.7 Å². The number of aromatic nitrogens is 3. The van der Waals surface area contributed by atoms with Gasteiger partial charge in [0.2, 0.25) is 17.7 Å². The number of nitrogens with one attached hydrogen (secondary N) is 3. The quantitative estimate of drug-likeness (QED) is 0.203. The monoisotopic (exact) mass is 640 g/mol. The van der Waals surface area contributed by atoms with E-state index in [9.17, 15) is 14.4 Å². The molecule has 1 fully saturated rings. The number of benzene rings is 1. The van der Waals surface area contributed by atoms with Crippen LogP contribution in [0.2, 0.25) is 0 Å². The van der Waals surface area contributed by atoms with Crippen molar-refractivity contribution in [2.24, 2.45) is 13.0 Å². The highest BCUT2D eigenvalue weighted by atomic mass is 16.6. The number of likely N-dealkylation sites (tertiary alicyclic amines) is 1. The highest BCUT2D eigenvalue weighted by Gasteiger charge is 2.34. The van der Waals surface area contributed by atoms with Crippen LogP contribution in [0.3, 0.4) is 0 Å². The lowest BCUT2D eigenvalue weighted by atomic mass is 9.98. The third-order valence-corrected chi connectivity index (χ3v) is 8.46. The largest absolute Gasteiger partial charge is 0.413 e. The second-order valence-corrected chi connectivity index (χ2v) is 11.6. The second-order valence-electron chi connectivity index (χ2n) is 11.6. The van der Waals surface area contributed by atoms with E-state index in [0.29, 0.717) is 73.9 Å². The third-order valence-electron chi connectivity index (χ3n) is 8.46. The number of carbonyl (C=O) groups is 3. The van der Waals surface area contributed by atoms with Crippen molar-refractivity contribution in [2.45, 2.75) is 19.8 Å². The predicted octanol–water partition coefficient (Wildman–Crippen LogP) is 2.49. The van der Waals surface area contributed by atoms with Gasteiger partial charge in [0.25, 0.3) is 0 Å². The fraction of sp³-hybridized carbons (Fsp3) is 0.364. The number of carbonyl (C=O) groups excluding carboxylic acids is 3. The Kier molecular flexibility index (Phi) is 10.1. The van der Waals surface area contributed by atoms with Crippen LogP contribution in [-0.4, -0.2) is 100 Å². The summed E-state index contributed by atoms with van der Waals surface area (Å²) >= 11 is 0. The Labute approximate surface area is 273 Å². The topological polar surface area (TPSA) is 187 Å². The number of nitrogens with zero attached hydrogens (tertiary/aromatic N) is 6. The normalized spacial score (nSPS) is 16.4. The zero-order chi connectivity index (χ0) is 33.7. The van der Waals surface area contributed by atoms with E-state index >= 15 is 0 Å². The molecule has 0 unspecified atom stereocenters. The SMILES string of the molecule is CCN(C(=O)[C@@H]1CCN(CC(=O)N2CC=C(c3ccc(C(=N)OC(=O)NC)cc3)CC2)C1)c1ccc(N)c(C(=N)c2cnn(C)c2)n1. The van der Waals surface area contributed by atoms with E-state index in [-0.39, 0.29) is 35.9 Å². The van der Waals surface area contributed by atoms with Gasteiger partial charge < -0.3 is 20.7 Å². The van der Waals surface area contributed by atoms with Gasteiger partial charge in [0, 0.05) is 57.6 Å². The summed E-state index contributed by atoms with van der Waals surface area (Å²) in [5.74, 6) is -0.110. The summed E-state index contributed by atoms with van der Waals surface area (Å²) in [6, 6.07) is 10.6. The van der Waals surface area contributed by atoms with E-state index in [0.717, 1.165) is 11.1 Å². The number of aryl methyl sites for hydroxylation is 1. The van der Waals surface area contributed by atoms with E-state index < -0.39 is 6.09 Å². The first kappa shape index (κ1) is 33.0. The Bertz CT molecular complexity index is 1710. The van der Waals surface area contributed by atoms with Gasteiger partial charge in [0.1, 0.15) is 11.5 Å². The van der Waals surface area contributed by atoms with Crippen molar-refractivity contribution >= 4 is 46.6 Å². The Morgan fingerprint density at radius 2 is 1.87 bits per heavy atom. The first-order valence-electron chi connectivity index (χ1n) is 15.5. The van der Waals surface area contributed by atoms with Gasteiger partial charge in [0.15, 0.2) is 0 Å². The van der Waals surface area contributed by atoms with Gasteiger partial charge in [0.05, 0.1) is 30.1 Å². The summed E-state index contributed by atoms with van der Waals surface area (Å²) < 4.78 is 6.49. The van der Waals surface area contributed by atoms with Gasteiger partial charge in [-0.15, -0.1) is 0 Å². The molecule has 14 heteroatoms. The van der Waals surface area contributed by atoms with E-state index in [4.69, 9.17) is 21.3 Å². The van der Waals surface area contributed by atoms with Crippen LogP contribution in [0.5, 0.6) is 0 Å². The average Bonchev–Trinajstić information content (AvgIpc) is 3.74. The van der Waals surface area contributed by atoms with E-state index in [1.54, 1.807) is 53.3 Å². The van der Waals surface area contributed by atoms with Crippen molar-refractivity contribution in [1.29, 1.82) is 10.8 Å². The molecule has 0 radical (unpaired) electrons. The highest BCUT2D eigenvalue weighted by molar-refractivity contribution is 6.12. The minimum absolute atomic E-state index is 0.0228. The van der Waals surface area contributed by atoms with Crippen LogP contribution in [-0.2, 0) is 21.4 Å². The van der Waals surface area contributed by atoms with Gasteiger partial charge in [-0.1, -0.05) is 18.2 Å². The summed E-state index contributed by atoms with van der Waals surface area (Å²) in [5, 5.41) is 23.0. The molecule has 1 aromatic carbocycles. The Morgan fingerprint density at radius 3 is 2.51 bits per heavy atom. The lowest BCUT2D eigenvalue weighted by Gasteiger charge is -2.29. The number of pyridine rings is 1. The molecule has 0 spiro atoms. The number of hydrogen-bond donors (Lipinski definition) is 4. The van der Waals surface area contributed by atoms with Crippen LogP contribution in [0.1, 0.15) is 42.1 Å². The lowest BCUT2D eigenvalue weighted by Crippen LogP contribution is -2.42. The molecule has 1 atom stereocenters. The van der Waals surface area contributed by atoms with Crippen LogP contribution in [0.15, 0.2) is 54.9 Å². The van der Waals surface area contributed by atoms with Gasteiger partial charge in [-0.3, -0.25) is 34.9 Å². The molecule has 5 N–H and O–H groups in total. The van der Waals surface area contributed by atoms with Crippen LogP contribution >= 0.6 is 0 Å². The van der Waals surface area contributed by atoms with Gasteiger partial charge >= 0.3 is 6.09 Å². The minimum atomic E-state index is -0.692. The number of rotatable bonds is 9. The van der Waals surface area contributed by atoms with Gasteiger partial charge in [-0.25, -0.2) is 9.78 Å². The van der Waals surface area contributed by atoms with Crippen molar-refractivity contribution < 1.29 is 19.1 Å². The molecule has 1 saturated heterocycles. The van der Waals surface area contributed by atoms with Crippen molar-refractivity contribution in [1.82, 2.24) is 29.9 Å². The van der Waals surface area contributed by atoms with E-state index in [2.05, 4.69) is 15.4 Å². The number of ether oxygens (including phenoxy) is 1. The Morgan fingerprint density at radius 1 is 1.11 bits per heavy atom. The molecule has 0 saturated carbocycles. The molecule has 3 amide bonds. The molecule has 0 aliphatic carbocycles. The maximum Gasteiger partial charge on any atom is 0.413 e. The number of amides is 3. The highest BCUT2D eigenvalue weighted by Crippen LogP contribution is 2.26. The number of alkyl carbamates (subject to hydrolysis) is 1. The summed E-state index contributed by atoms with van der Waals surface area (Å²) in [6.07, 6.45) is 5.98. The summed E-state index contributed by atoms with van der Waals surface area (Å²) in [4.78, 5) is 48.3. The van der Waals surface area contributed by atoms with E-state index in [1.165, 1.54) is 7.05 Å². The minimum Gasteiger partial charge on any atom is -0.397 e. The second kappa shape index (κ2) is 14.4. The lowest BCUT2D eigenvalue weighted by molar-refractivity contribution is -0.132. The molecule has 3 aromatic rings. The number of nitrogens with two attached hydrogens (primary N) is 1. The Hall–Kier alpha value is -5.37. The molecule has 0 bridgehead atoms. The molecular weight excluding hydrogens is 600 g/mol. The van der Waals surface area contributed by atoms with E-state index in [1.807, 2.05) is 34.9 Å². The smallest absolute Gasteiger partial charge is 0.397 e. The number of anilines is 2. The van der Waals surface area contributed by atoms with Crippen molar-refractivity contribution in [3.8, 4) is 0 Å². The first-order chi connectivity index (χ1) is 22.6. The fourth-order valence-corrected chi connectivity index (χ4v) is 5.81. The molecule has 47 heavy (non-hydrogen) atoms. The van der Waals surface area contributed by atoms with Crippen molar-refractivity contribution in [3.63, 3.8) is 0 Å².